The molecule has 0 bridgehead atoms. The summed E-state index contributed by atoms with van der Waals surface area (Å²) in [6.07, 6.45) is 0.858. The highest BCUT2D eigenvalue weighted by molar-refractivity contribution is 5.78. The zero-order valence-electron chi connectivity index (χ0n) is 13.9. The number of hydrogen-bond acceptors (Lipinski definition) is 2. The Balaban J connectivity index is 2.09. The lowest BCUT2D eigenvalue weighted by Gasteiger charge is -2.10. The Labute approximate surface area is 132 Å². The molecule has 0 saturated heterocycles. The summed E-state index contributed by atoms with van der Waals surface area (Å²) in [4.78, 5) is 11.9. The molecule has 1 atom stereocenters. The van der Waals surface area contributed by atoms with Gasteiger partial charge in [0, 0.05) is 23.7 Å². The van der Waals surface area contributed by atoms with E-state index >= 15 is 0 Å². The van der Waals surface area contributed by atoms with Crippen molar-refractivity contribution in [1.29, 1.82) is 0 Å². The van der Waals surface area contributed by atoms with Crippen molar-refractivity contribution in [3.05, 3.63) is 52.8 Å². The summed E-state index contributed by atoms with van der Waals surface area (Å²) >= 11 is 0. The lowest BCUT2D eigenvalue weighted by atomic mass is 10.1. The number of aromatic nitrogens is 2. The van der Waals surface area contributed by atoms with Gasteiger partial charge >= 0.3 is 0 Å². The van der Waals surface area contributed by atoms with Gasteiger partial charge in [0.2, 0.25) is 5.91 Å². The number of benzene rings is 1. The predicted molar refractivity (Wildman–Crippen MR) is 88.5 cm³/mol. The highest BCUT2D eigenvalue weighted by Crippen LogP contribution is 2.15. The van der Waals surface area contributed by atoms with Gasteiger partial charge in [-0.2, -0.15) is 5.10 Å². The first-order chi connectivity index (χ1) is 10.5. The van der Waals surface area contributed by atoms with Gasteiger partial charge in [0.05, 0.1) is 12.2 Å². The van der Waals surface area contributed by atoms with Crippen LogP contribution in [-0.2, 0) is 17.9 Å². The average Bonchev–Trinajstić information content (AvgIpc) is 2.79. The van der Waals surface area contributed by atoms with Gasteiger partial charge in [0.1, 0.15) is 0 Å². The number of nitrogens with one attached hydrogen (secondary N) is 1. The maximum atomic E-state index is 11.9. The van der Waals surface area contributed by atoms with E-state index in [1.54, 1.807) is 0 Å². The molecule has 0 radical (unpaired) electrons. The van der Waals surface area contributed by atoms with Crippen molar-refractivity contribution in [3.63, 3.8) is 0 Å². The van der Waals surface area contributed by atoms with Crippen LogP contribution < -0.4 is 5.32 Å². The molecule has 0 fully saturated rings. The molecule has 1 aromatic heterocycles. The van der Waals surface area contributed by atoms with Crippen LogP contribution in [0.2, 0.25) is 0 Å². The maximum absolute atomic E-state index is 11.9. The van der Waals surface area contributed by atoms with Gasteiger partial charge in [0.15, 0.2) is 0 Å². The molecule has 0 spiro atoms. The Kier molecular flexibility index (Phi) is 5.36. The van der Waals surface area contributed by atoms with Crippen molar-refractivity contribution in [2.75, 3.05) is 0 Å². The van der Waals surface area contributed by atoms with E-state index in [-0.39, 0.29) is 11.8 Å². The second-order valence-electron chi connectivity index (χ2n) is 5.82. The van der Waals surface area contributed by atoms with E-state index in [9.17, 15) is 4.79 Å². The van der Waals surface area contributed by atoms with Gasteiger partial charge in [-0.05, 0) is 25.8 Å². The van der Waals surface area contributed by atoms with E-state index in [4.69, 9.17) is 0 Å². The average molecular weight is 299 g/mol. The fourth-order valence-electron chi connectivity index (χ4n) is 2.44. The molecule has 2 rings (SSSR count). The third-order valence-corrected chi connectivity index (χ3v) is 4.21. The zero-order chi connectivity index (χ0) is 16.1. The summed E-state index contributed by atoms with van der Waals surface area (Å²) in [5, 5.41) is 7.63. The van der Waals surface area contributed by atoms with E-state index in [1.807, 2.05) is 43.7 Å². The van der Waals surface area contributed by atoms with Crippen molar-refractivity contribution in [3.8, 4) is 0 Å². The SMILES string of the molecule is CCC(C)C(=O)NCc1c(C)nn(Cc2ccccc2)c1C. The Morgan fingerprint density at radius 3 is 2.59 bits per heavy atom. The number of amides is 1. The molecule has 4 heteroatoms. The quantitative estimate of drug-likeness (QED) is 0.890. The van der Waals surface area contributed by atoms with E-state index in [0.29, 0.717) is 6.54 Å². The molecular formula is C18H25N3O. The molecular weight excluding hydrogens is 274 g/mol. The van der Waals surface area contributed by atoms with Crippen molar-refractivity contribution in [1.82, 2.24) is 15.1 Å². The van der Waals surface area contributed by atoms with Crippen LogP contribution in [0.25, 0.3) is 0 Å². The monoisotopic (exact) mass is 299 g/mol. The topological polar surface area (TPSA) is 46.9 Å². The number of rotatable bonds is 6. The van der Waals surface area contributed by atoms with Crippen LogP contribution in [0.15, 0.2) is 30.3 Å². The van der Waals surface area contributed by atoms with Crippen LogP contribution >= 0.6 is 0 Å². The lowest BCUT2D eigenvalue weighted by Crippen LogP contribution is -2.28. The molecule has 1 unspecified atom stereocenters. The minimum absolute atomic E-state index is 0.0555. The molecule has 1 N–H and O–H groups in total. The molecule has 22 heavy (non-hydrogen) atoms. The van der Waals surface area contributed by atoms with Crippen LogP contribution in [0, 0.1) is 19.8 Å². The van der Waals surface area contributed by atoms with E-state index in [1.165, 1.54) is 5.56 Å². The first-order valence-electron chi connectivity index (χ1n) is 7.87. The molecule has 1 heterocycles. The summed E-state index contributed by atoms with van der Waals surface area (Å²) in [7, 11) is 0. The third-order valence-electron chi connectivity index (χ3n) is 4.21. The molecule has 1 amide bonds. The van der Waals surface area contributed by atoms with Crippen molar-refractivity contribution in [2.45, 2.75) is 47.2 Å². The van der Waals surface area contributed by atoms with E-state index < -0.39 is 0 Å². The summed E-state index contributed by atoms with van der Waals surface area (Å²) in [5.74, 6) is 0.164. The van der Waals surface area contributed by atoms with Crippen LogP contribution in [0.1, 0.15) is 42.8 Å². The maximum Gasteiger partial charge on any atom is 0.223 e. The van der Waals surface area contributed by atoms with Gasteiger partial charge in [-0.3, -0.25) is 9.48 Å². The highest BCUT2D eigenvalue weighted by atomic mass is 16.1. The van der Waals surface area contributed by atoms with Crippen molar-refractivity contribution in [2.24, 2.45) is 5.92 Å². The van der Waals surface area contributed by atoms with Crippen LogP contribution in [0.4, 0.5) is 0 Å². The fourth-order valence-corrected chi connectivity index (χ4v) is 2.44. The number of nitrogens with zero attached hydrogens (tertiary/aromatic N) is 2. The van der Waals surface area contributed by atoms with Crippen LogP contribution in [-0.4, -0.2) is 15.7 Å². The minimum Gasteiger partial charge on any atom is -0.352 e. The van der Waals surface area contributed by atoms with Gasteiger partial charge < -0.3 is 5.32 Å². The molecule has 1 aromatic carbocycles. The Morgan fingerprint density at radius 1 is 1.27 bits per heavy atom. The minimum atomic E-state index is 0.0555. The summed E-state index contributed by atoms with van der Waals surface area (Å²) in [6, 6.07) is 10.3. The Morgan fingerprint density at radius 2 is 1.95 bits per heavy atom. The molecule has 2 aromatic rings. The first-order valence-corrected chi connectivity index (χ1v) is 7.87. The molecule has 4 nitrogen and oxygen atoms in total. The Hall–Kier alpha value is -2.10. The van der Waals surface area contributed by atoms with Crippen LogP contribution in [0.3, 0.4) is 0 Å². The summed E-state index contributed by atoms with van der Waals surface area (Å²) in [6.45, 7) is 9.35. The standard InChI is InChI=1S/C18H25N3O/c1-5-13(2)18(22)19-11-17-14(3)20-21(15(17)4)12-16-9-7-6-8-10-16/h6-10,13H,5,11-12H2,1-4H3,(H,19,22). The summed E-state index contributed by atoms with van der Waals surface area (Å²) in [5.41, 5.74) is 4.44. The lowest BCUT2D eigenvalue weighted by molar-refractivity contribution is -0.124. The smallest absolute Gasteiger partial charge is 0.223 e. The van der Waals surface area contributed by atoms with Gasteiger partial charge in [-0.15, -0.1) is 0 Å². The molecule has 0 aliphatic rings. The van der Waals surface area contributed by atoms with Gasteiger partial charge in [-0.25, -0.2) is 0 Å². The third kappa shape index (κ3) is 3.75. The predicted octanol–water partition coefficient (Wildman–Crippen LogP) is 3.21. The van der Waals surface area contributed by atoms with E-state index in [2.05, 4.69) is 29.5 Å². The number of aryl methyl sites for hydroxylation is 1. The highest BCUT2D eigenvalue weighted by Gasteiger charge is 2.15. The summed E-state index contributed by atoms with van der Waals surface area (Å²) < 4.78 is 2.01. The van der Waals surface area contributed by atoms with E-state index in [0.717, 1.165) is 29.9 Å². The van der Waals surface area contributed by atoms with Crippen molar-refractivity contribution >= 4 is 5.91 Å². The van der Waals surface area contributed by atoms with Crippen LogP contribution in [0.5, 0.6) is 0 Å². The fraction of sp³-hybridized carbons (Fsp3) is 0.444. The number of hydrogen-bond donors (Lipinski definition) is 1. The largest absolute Gasteiger partial charge is 0.352 e. The molecule has 0 aliphatic heterocycles. The first kappa shape index (κ1) is 16.3. The zero-order valence-corrected chi connectivity index (χ0v) is 13.9. The van der Waals surface area contributed by atoms with Gasteiger partial charge in [0.25, 0.3) is 0 Å². The second kappa shape index (κ2) is 7.25. The molecule has 0 aliphatic carbocycles. The number of carbonyl (C=O) groups is 1. The normalized spacial score (nSPS) is 12.2. The Bertz CT molecular complexity index is 631. The molecule has 118 valence electrons. The second-order valence-corrected chi connectivity index (χ2v) is 5.82. The number of carbonyl (C=O) groups excluding carboxylic acids is 1. The van der Waals surface area contributed by atoms with Crippen molar-refractivity contribution < 1.29 is 4.79 Å². The van der Waals surface area contributed by atoms with Gasteiger partial charge in [-0.1, -0.05) is 44.2 Å². The molecule has 0 saturated carbocycles.